The van der Waals surface area contributed by atoms with Gasteiger partial charge in [0.15, 0.2) is 5.78 Å². The summed E-state index contributed by atoms with van der Waals surface area (Å²) in [5.74, 6) is 0.695. The van der Waals surface area contributed by atoms with Crippen LogP contribution in [0.25, 0.3) is 5.52 Å². The molecule has 0 bridgehead atoms. The smallest absolute Gasteiger partial charge is 0.166 e. The zero-order chi connectivity index (χ0) is 12.3. The van der Waals surface area contributed by atoms with Gasteiger partial charge >= 0.3 is 0 Å². The van der Waals surface area contributed by atoms with Gasteiger partial charge in [0.2, 0.25) is 0 Å². The van der Waals surface area contributed by atoms with Gasteiger partial charge in [-0.05, 0) is 18.1 Å². The fourth-order valence-electron chi connectivity index (χ4n) is 2.10. The Morgan fingerprint density at radius 3 is 2.82 bits per heavy atom. The van der Waals surface area contributed by atoms with E-state index in [0.717, 1.165) is 23.9 Å². The number of nitrogens with zero attached hydrogens (tertiary/aromatic N) is 2. The number of Topliss-reactive ketones (excluding diaryl/α,β-unsaturated/α-hetero) is 1. The molecule has 0 atom stereocenters. The minimum atomic E-state index is 0.208. The number of ketones is 1. The van der Waals surface area contributed by atoms with Gasteiger partial charge in [-0.1, -0.05) is 32.8 Å². The lowest BCUT2D eigenvalue weighted by Crippen LogP contribution is -2.07. The molecule has 0 unspecified atom stereocenters. The Morgan fingerprint density at radius 2 is 2.12 bits per heavy atom. The van der Waals surface area contributed by atoms with Gasteiger partial charge in [-0.15, -0.1) is 0 Å². The zero-order valence-electron chi connectivity index (χ0n) is 10.4. The SMILES string of the molecule is CCC(CC)CC(=O)c1cnn2ccccc12. The van der Waals surface area contributed by atoms with Crippen molar-refractivity contribution in [2.75, 3.05) is 0 Å². The van der Waals surface area contributed by atoms with Gasteiger partial charge < -0.3 is 0 Å². The molecule has 0 fully saturated rings. The molecule has 0 radical (unpaired) electrons. The van der Waals surface area contributed by atoms with Crippen LogP contribution in [0.2, 0.25) is 0 Å². The van der Waals surface area contributed by atoms with Gasteiger partial charge in [-0.3, -0.25) is 4.79 Å². The third-order valence-electron chi connectivity index (χ3n) is 3.36. The lowest BCUT2D eigenvalue weighted by Gasteiger charge is -2.09. The fraction of sp³-hybridized carbons (Fsp3) is 0.429. The van der Waals surface area contributed by atoms with Crippen LogP contribution in [0.3, 0.4) is 0 Å². The first-order chi connectivity index (χ1) is 8.26. The fourth-order valence-corrected chi connectivity index (χ4v) is 2.10. The molecule has 2 heterocycles. The molecule has 3 heteroatoms. The summed E-state index contributed by atoms with van der Waals surface area (Å²) in [5.41, 5.74) is 1.65. The molecule has 0 spiro atoms. The van der Waals surface area contributed by atoms with Crippen molar-refractivity contribution in [3.05, 3.63) is 36.2 Å². The maximum atomic E-state index is 12.2. The van der Waals surface area contributed by atoms with Crippen LogP contribution in [-0.2, 0) is 0 Å². The van der Waals surface area contributed by atoms with Crippen molar-refractivity contribution in [1.82, 2.24) is 9.61 Å². The first kappa shape index (κ1) is 11.8. The quantitative estimate of drug-likeness (QED) is 0.738. The van der Waals surface area contributed by atoms with E-state index in [2.05, 4.69) is 18.9 Å². The second kappa shape index (κ2) is 5.13. The van der Waals surface area contributed by atoms with E-state index in [9.17, 15) is 4.79 Å². The largest absolute Gasteiger partial charge is 0.294 e. The van der Waals surface area contributed by atoms with Crippen LogP contribution in [0, 0.1) is 5.92 Å². The third-order valence-corrected chi connectivity index (χ3v) is 3.36. The Morgan fingerprint density at radius 1 is 1.35 bits per heavy atom. The van der Waals surface area contributed by atoms with E-state index in [0.29, 0.717) is 12.3 Å². The molecule has 90 valence electrons. The van der Waals surface area contributed by atoms with E-state index in [1.807, 2.05) is 24.4 Å². The molecule has 2 aromatic rings. The predicted molar refractivity (Wildman–Crippen MR) is 68.2 cm³/mol. The Labute approximate surface area is 101 Å². The molecule has 0 saturated carbocycles. The maximum Gasteiger partial charge on any atom is 0.166 e. The van der Waals surface area contributed by atoms with Gasteiger partial charge in [0.05, 0.1) is 17.3 Å². The van der Waals surface area contributed by atoms with Crippen LogP contribution in [0.15, 0.2) is 30.6 Å². The average molecular weight is 230 g/mol. The van der Waals surface area contributed by atoms with Crippen molar-refractivity contribution < 1.29 is 4.79 Å². The molecule has 2 rings (SSSR count). The second-order valence-electron chi connectivity index (χ2n) is 4.40. The first-order valence-corrected chi connectivity index (χ1v) is 6.21. The van der Waals surface area contributed by atoms with Crippen molar-refractivity contribution in [2.45, 2.75) is 33.1 Å². The highest BCUT2D eigenvalue weighted by Crippen LogP contribution is 2.19. The van der Waals surface area contributed by atoms with Crippen LogP contribution in [0.5, 0.6) is 0 Å². The van der Waals surface area contributed by atoms with E-state index in [1.54, 1.807) is 10.7 Å². The highest BCUT2D eigenvalue weighted by molar-refractivity contribution is 6.02. The summed E-state index contributed by atoms with van der Waals surface area (Å²) in [6, 6.07) is 5.78. The number of carbonyl (C=O) groups excluding carboxylic acids is 1. The summed E-state index contributed by atoms with van der Waals surface area (Å²) in [5, 5.41) is 4.19. The number of hydrogen-bond acceptors (Lipinski definition) is 2. The molecule has 0 saturated heterocycles. The molecular weight excluding hydrogens is 212 g/mol. The maximum absolute atomic E-state index is 12.2. The van der Waals surface area contributed by atoms with Gasteiger partial charge in [0, 0.05) is 12.6 Å². The number of carbonyl (C=O) groups is 1. The highest BCUT2D eigenvalue weighted by atomic mass is 16.1. The van der Waals surface area contributed by atoms with Crippen molar-refractivity contribution >= 4 is 11.3 Å². The number of aromatic nitrogens is 2. The molecule has 3 nitrogen and oxygen atoms in total. The van der Waals surface area contributed by atoms with Crippen molar-refractivity contribution in [3.8, 4) is 0 Å². The zero-order valence-corrected chi connectivity index (χ0v) is 10.4. The Kier molecular flexibility index (Phi) is 3.57. The number of rotatable bonds is 5. The summed E-state index contributed by atoms with van der Waals surface area (Å²) in [6.45, 7) is 4.27. The molecule has 0 aliphatic carbocycles. The first-order valence-electron chi connectivity index (χ1n) is 6.21. The monoisotopic (exact) mass is 230 g/mol. The highest BCUT2D eigenvalue weighted by Gasteiger charge is 2.15. The molecule has 0 N–H and O–H groups in total. The minimum absolute atomic E-state index is 0.208. The lowest BCUT2D eigenvalue weighted by atomic mass is 9.94. The van der Waals surface area contributed by atoms with E-state index in [4.69, 9.17) is 0 Å². The van der Waals surface area contributed by atoms with Gasteiger partial charge in [0.25, 0.3) is 0 Å². The summed E-state index contributed by atoms with van der Waals surface area (Å²) in [6.07, 6.45) is 6.29. The summed E-state index contributed by atoms with van der Waals surface area (Å²) in [7, 11) is 0. The van der Waals surface area contributed by atoms with Gasteiger partial charge in [-0.25, -0.2) is 4.52 Å². The number of pyridine rings is 1. The van der Waals surface area contributed by atoms with Crippen molar-refractivity contribution in [1.29, 1.82) is 0 Å². The van der Waals surface area contributed by atoms with Crippen molar-refractivity contribution in [2.24, 2.45) is 5.92 Å². The Bertz CT molecular complexity index is 512. The van der Waals surface area contributed by atoms with Gasteiger partial charge in [-0.2, -0.15) is 5.10 Å². The molecule has 0 aliphatic heterocycles. The molecule has 2 aromatic heterocycles. The van der Waals surface area contributed by atoms with Gasteiger partial charge in [0.1, 0.15) is 0 Å². The van der Waals surface area contributed by atoms with E-state index in [-0.39, 0.29) is 5.78 Å². The standard InChI is InChI=1S/C14H18N2O/c1-3-11(4-2)9-14(17)12-10-15-16-8-6-5-7-13(12)16/h5-8,10-11H,3-4,9H2,1-2H3. The summed E-state index contributed by atoms with van der Waals surface area (Å²) >= 11 is 0. The van der Waals surface area contributed by atoms with E-state index in [1.165, 1.54) is 0 Å². The van der Waals surface area contributed by atoms with Crippen LogP contribution in [0.4, 0.5) is 0 Å². The van der Waals surface area contributed by atoms with E-state index >= 15 is 0 Å². The third kappa shape index (κ3) is 2.38. The van der Waals surface area contributed by atoms with Crippen LogP contribution < -0.4 is 0 Å². The second-order valence-corrected chi connectivity index (χ2v) is 4.40. The van der Waals surface area contributed by atoms with Crippen LogP contribution in [-0.4, -0.2) is 15.4 Å². The Balaban J connectivity index is 2.25. The lowest BCUT2D eigenvalue weighted by molar-refractivity contribution is 0.0960. The topological polar surface area (TPSA) is 34.4 Å². The molecule has 0 aromatic carbocycles. The predicted octanol–water partition coefficient (Wildman–Crippen LogP) is 3.34. The molecule has 0 amide bonds. The van der Waals surface area contributed by atoms with Crippen LogP contribution >= 0.6 is 0 Å². The molecule has 17 heavy (non-hydrogen) atoms. The van der Waals surface area contributed by atoms with Crippen molar-refractivity contribution in [3.63, 3.8) is 0 Å². The molecular formula is C14H18N2O. The van der Waals surface area contributed by atoms with Crippen LogP contribution in [0.1, 0.15) is 43.5 Å². The summed E-state index contributed by atoms with van der Waals surface area (Å²) < 4.78 is 1.75. The normalized spacial score (nSPS) is 11.2. The Hall–Kier alpha value is -1.64. The minimum Gasteiger partial charge on any atom is -0.294 e. The number of hydrogen-bond donors (Lipinski definition) is 0. The summed E-state index contributed by atoms with van der Waals surface area (Å²) in [4.78, 5) is 12.2. The molecule has 0 aliphatic rings. The number of fused-ring (bicyclic) bond motifs is 1. The average Bonchev–Trinajstić information content (AvgIpc) is 2.79. The van der Waals surface area contributed by atoms with E-state index < -0.39 is 0 Å².